The fraction of sp³-hybridized carbons (Fsp3) is 0.636. The van der Waals surface area contributed by atoms with E-state index in [1.807, 2.05) is 24.6 Å². The van der Waals surface area contributed by atoms with Gasteiger partial charge in [0.15, 0.2) is 0 Å². The van der Waals surface area contributed by atoms with Crippen LogP contribution in [-0.4, -0.2) is 35.7 Å². The van der Waals surface area contributed by atoms with Gasteiger partial charge in [0.25, 0.3) is 0 Å². The summed E-state index contributed by atoms with van der Waals surface area (Å²) in [5.74, 6) is 0.734. The number of nitrogens with zero attached hydrogens (tertiary/aromatic N) is 2. The smallest absolute Gasteiger partial charge is 0.324 e. The highest BCUT2D eigenvalue weighted by atomic mass is 16.5. The van der Waals surface area contributed by atoms with Crippen LogP contribution in [0.25, 0.3) is 0 Å². The fourth-order valence-electron chi connectivity index (χ4n) is 1.66. The largest absolute Gasteiger partial charge is 0.468 e. The number of carbonyl (C=O) groups excluding carboxylic acids is 1. The molecule has 0 radical (unpaired) electrons. The van der Waals surface area contributed by atoms with E-state index >= 15 is 0 Å². The third kappa shape index (κ3) is 2.82. The third-order valence-corrected chi connectivity index (χ3v) is 2.51. The zero-order valence-corrected chi connectivity index (χ0v) is 10.3. The summed E-state index contributed by atoms with van der Waals surface area (Å²) in [6.45, 7) is 4.54. The van der Waals surface area contributed by atoms with Crippen molar-refractivity contribution in [3.8, 4) is 0 Å². The minimum absolute atomic E-state index is 0.254. The Morgan fingerprint density at radius 2 is 2.38 bits per heavy atom. The van der Waals surface area contributed by atoms with E-state index in [2.05, 4.69) is 10.3 Å². The number of ether oxygens (including phenoxy) is 1. The molecule has 0 saturated heterocycles. The number of aryl methyl sites for hydroxylation is 2. The van der Waals surface area contributed by atoms with Crippen molar-refractivity contribution in [2.75, 3.05) is 14.2 Å². The van der Waals surface area contributed by atoms with Crippen LogP contribution in [0, 0.1) is 6.92 Å². The average Bonchev–Trinajstić information content (AvgIpc) is 2.65. The number of hydrogen-bond donors (Lipinski definition) is 1. The van der Waals surface area contributed by atoms with Crippen molar-refractivity contribution in [3.63, 3.8) is 0 Å². The van der Waals surface area contributed by atoms with Gasteiger partial charge in [-0.25, -0.2) is 4.98 Å². The van der Waals surface area contributed by atoms with Gasteiger partial charge in [-0.05, 0) is 14.0 Å². The molecule has 1 N–H and O–H groups in total. The first-order valence-corrected chi connectivity index (χ1v) is 5.40. The summed E-state index contributed by atoms with van der Waals surface area (Å²) in [7, 11) is 3.14. The Balaban J connectivity index is 2.80. The monoisotopic (exact) mass is 225 g/mol. The van der Waals surface area contributed by atoms with E-state index in [0.29, 0.717) is 6.54 Å². The van der Waals surface area contributed by atoms with Gasteiger partial charge < -0.3 is 14.6 Å². The van der Waals surface area contributed by atoms with Crippen molar-refractivity contribution < 1.29 is 9.53 Å². The minimum atomic E-state index is -0.330. The molecule has 5 heteroatoms. The van der Waals surface area contributed by atoms with Crippen molar-refractivity contribution in [2.24, 2.45) is 0 Å². The highest BCUT2D eigenvalue weighted by molar-refractivity contribution is 5.75. The number of carbonyl (C=O) groups is 1. The zero-order chi connectivity index (χ0) is 12.1. The van der Waals surface area contributed by atoms with Crippen molar-refractivity contribution >= 4 is 5.97 Å². The number of esters is 1. The van der Waals surface area contributed by atoms with Gasteiger partial charge >= 0.3 is 5.97 Å². The lowest BCUT2D eigenvalue weighted by Crippen LogP contribution is -2.39. The number of likely N-dealkylation sites (N-methyl/N-ethyl adjacent to an activating group) is 1. The average molecular weight is 225 g/mol. The lowest BCUT2D eigenvalue weighted by atomic mass is 10.3. The van der Waals surface area contributed by atoms with E-state index in [4.69, 9.17) is 4.74 Å². The SMILES string of the molecule is CCc1nc(C)cn1CC(NC)C(=O)OC. The first kappa shape index (κ1) is 12.7. The quantitative estimate of drug-likeness (QED) is 0.742. The predicted octanol–water partition coefficient (Wildman–Crippen LogP) is 0.515. The number of nitrogens with one attached hydrogen (secondary N) is 1. The molecular weight excluding hydrogens is 206 g/mol. The van der Waals surface area contributed by atoms with Crippen LogP contribution in [0.1, 0.15) is 18.4 Å². The molecule has 0 saturated carbocycles. The maximum absolute atomic E-state index is 11.4. The first-order valence-electron chi connectivity index (χ1n) is 5.40. The van der Waals surface area contributed by atoms with E-state index in [1.165, 1.54) is 7.11 Å². The van der Waals surface area contributed by atoms with Crippen LogP contribution in [0.15, 0.2) is 6.20 Å². The van der Waals surface area contributed by atoms with E-state index in [0.717, 1.165) is 17.9 Å². The van der Waals surface area contributed by atoms with Gasteiger partial charge in [0.2, 0.25) is 0 Å². The van der Waals surface area contributed by atoms with Gasteiger partial charge in [-0.2, -0.15) is 0 Å². The Labute approximate surface area is 95.8 Å². The van der Waals surface area contributed by atoms with Crippen LogP contribution in [-0.2, 0) is 22.5 Å². The molecule has 0 aliphatic rings. The molecule has 0 fully saturated rings. The second-order valence-electron chi connectivity index (χ2n) is 3.67. The molecule has 1 aromatic rings. The number of imidazole rings is 1. The molecule has 0 bridgehead atoms. The Morgan fingerprint density at radius 3 is 2.88 bits per heavy atom. The van der Waals surface area contributed by atoms with Gasteiger partial charge in [-0.3, -0.25) is 4.79 Å². The number of rotatable bonds is 5. The summed E-state index contributed by atoms with van der Waals surface area (Å²) in [5.41, 5.74) is 0.969. The Kier molecular flexibility index (Phi) is 4.49. The molecule has 16 heavy (non-hydrogen) atoms. The summed E-state index contributed by atoms with van der Waals surface area (Å²) < 4.78 is 6.71. The van der Waals surface area contributed by atoms with Crippen LogP contribution < -0.4 is 5.32 Å². The molecule has 0 spiro atoms. The standard InChI is InChI=1S/C11H19N3O2/c1-5-10-13-8(2)6-14(10)7-9(12-3)11(15)16-4/h6,9,12H,5,7H2,1-4H3. The van der Waals surface area contributed by atoms with Crippen molar-refractivity contribution in [3.05, 3.63) is 17.7 Å². The minimum Gasteiger partial charge on any atom is -0.468 e. The Bertz CT molecular complexity index is 360. The van der Waals surface area contributed by atoms with E-state index in [-0.39, 0.29) is 12.0 Å². The third-order valence-electron chi connectivity index (χ3n) is 2.51. The van der Waals surface area contributed by atoms with Crippen LogP contribution >= 0.6 is 0 Å². The molecule has 0 aliphatic carbocycles. The van der Waals surface area contributed by atoms with Gasteiger partial charge in [0.1, 0.15) is 11.9 Å². The molecule has 0 aromatic carbocycles. The van der Waals surface area contributed by atoms with Crippen LogP contribution in [0.5, 0.6) is 0 Å². The normalized spacial score (nSPS) is 12.5. The summed E-state index contributed by atoms with van der Waals surface area (Å²) in [5, 5.41) is 2.94. The van der Waals surface area contributed by atoms with Crippen LogP contribution in [0.2, 0.25) is 0 Å². The molecule has 1 atom stereocenters. The summed E-state index contributed by atoms with van der Waals surface area (Å²) >= 11 is 0. The predicted molar refractivity (Wildman–Crippen MR) is 61.2 cm³/mol. The summed E-state index contributed by atoms with van der Waals surface area (Å²) in [6.07, 6.45) is 2.80. The first-order chi connectivity index (χ1) is 7.62. The molecule has 0 amide bonds. The maximum atomic E-state index is 11.4. The molecule has 0 aliphatic heterocycles. The van der Waals surface area contributed by atoms with E-state index < -0.39 is 0 Å². The number of hydrogen-bond acceptors (Lipinski definition) is 4. The zero-order valence-electron chi connectivity index (χ0n) is 10.3. The molecule has 1 rings (SSSR count). The van der Waals surface area contributed by atoms with Crippen LogP contribution in [0.3, 0.4) is 0 Å². The summed E-state index contributed by atoms with van der Waals surface area (Å²) in [4.78, 5) is 15.8. The Morgan fingerprint density at radius 1 is 1.69 bits per heavy atom. The number of aromatic nitrogens is 2. The Hall–Kier alpha value is -1.36. The lowest BCUT2D eigenvalue weighted by molar-refractivity contribution is -0.143. The van der Waals surface area contributed by atoms with Crippen LogP contribution in [0.4, 0.5) is 0 Å². The summed E-state index contributed by atoms with van der Waals surface area (Å²) in [6, 6.07) is -0.330. The van der Waals surface area contributed by atoms with Gasteiger partial charge in [0, 0.05) is 19.2 Å². The van der Waals surface area contributed by atoms with Gasteiger partial charge in [-0.1, -0.05) is 6.92 Å². The molecule has 1 heterocycles. The topological polar surface area (TPSA) is 56.2 Å². The van der Waals surface area contributed by atoms with Gasteiger partial charge in [0.05, 0.1) is 12.8 Å². The maximum Gasteiger partial charge on any atom is 0.324 e. The lowest BCUT2D eigenvalue weighted by Gasteiger charge is -2.15. The second kappa shape index (κ2) is 5.65. The molecule has 5 nitrogen and oxygen atoms in total. The molecular formula is C11H19N3O2. The number of methoxy groups -OCH3 is 1. The fourth-order valence-corrected chi connectivity index (χ4v) is 1.66. The van der Waals surface area contributed by atoms with Crippen molar-refractivity contribution in [2.45, 2.75) is 32.9 Å². The van der Waals surface area contributed by atoms with E-state index in [9.17, 15) is 4.79 Å². The highest BCUT2D eigenvalue weighted by Gasteiger charge is 2.18. The second-order valence-corrected chi connectivity index (χ2v) is 3.67. The van der Waals surface area contributed by atoms with Crippen molar-refractivity contribution in [1.29, 1.82) is 0 Å². The van der Waals surface area contributed by atoms with Gasteiger partial charge in [-0.15, -0.1) is 0 Å². The highest BCUT2D eigenvalue weighted by Crippen LogP contribution is 2.05. The molecule has 1 unspecified atom stereocenters. The van der Waals surface area contributed by atoms with E-state index in [1.54, 1.807) is 7.05 Å². The molecule has 90 valence electrons. The van der Waals surface area contributed by atoms with Crippen molar-refractivity contribution in [1.82, 2.24) is 14.9 Å². The molecule has 1 aromatic heterocycles.